The SMILES string of the molecule is CCNC(=O)CCOCCOCCOCCOCCn1cc(COCCOCCO[C@@]2(C(=O)O)C[C@H](O)[C@@H](C)[C@H]([C@H](O)[C@H](O)CNC(=O)c3cccc(Oc4ccccc4)c3)O2)nn1. The van der Waals surface area contributed by atoms with Crippen LogP contribution in [0.2, 0.25) is 0 Å². The zero-order chi connectivity index (χ0) is 46.0. The molecule has 0 saturated carbocycles. The number of para-hydroxylation sites is 1. The first-order chi connectivity index (χ1) is 31.0. The van der Waals surface area contributed by atoms with E-state index in [9.17, 15) is 34.8 Å². The second-order valence-corrected chi connectivity index (χ2v) is 14.6. The first-order valence-corrected chi connectivity index (χ1v) is 21.3. The summed E-state index contributed by atoms with van der Waals surface area (Å²) < 4.78 is 51.8. The van der Waals surface area contributed by atoms with Gasteiger partial charge in [-0.25, -0.2) is 9.48 Å². The predicted molar refractivity (Wildman–Crippen MR) is 225 cm³/mol. The minimum atomic E-state index is -2.34. The van der Waals surface area contributed by atoms with Crippen LogP contribution in [0.5, 0.6) is 11.5 Å². The summed E-state index contributed by atoms with van der Waals surface area (Å²) in [6.07, 6.45) is -4.32. The second kappa shape index (κ2) is 29.0. The van der Waals surface area contributed by atoms with Crippen molar-refractivity contribution < 1.29 is 77.4 Å². The van der Waals surface area contributed by atoms with Crippen LogP contribution in [-0.2, 0) is 60.6 Å². The number of carbonyl (C=O) groups excluding carboxylic acids is 2. The summed E-state index contributed by atoms with van der Waals surface area (Å²) in [5, 5.41) is 56.3. The third-order valence-corrected chi connectivity index (χ3v) is 9.73. The Balaban J connectivity index is 1.05. The number of aliphatic hydroxyl groups is 3. The third-order valence-electron chi connectivity index (χ3n) is 9.73. The number of carboxylic acid groups (broad SMARTS) is 1. The fourth-order valence-electron chi connectivity index (χ4n) is 6.24. The summed E-state index contributed by atoms with van der Waals surface area (Å²) in [6, 6.07) is 15.4. The number of benzene rings is 2. The molecule has 356 valence electrons. The molecule has 0 radical (unpaired) electrons. The lowest BCUT2D eigenvalue weighted by molar-refractivity contribution is -0.318. The van der Waals surface area contributed by atoms with Gasteiger partial charge in [0.25, 0.3) is 11.7 Å². The summed E-state index contributed by atoms with van der Waals surface area (Å²) in [4.78, 5) is 36.7. The first kappa shape index (κ1) is 52.0. The Morgan fingerprint density at radius 2 is 1.45 bits per heavy atom. The number of carboxylic acids is 1. The molecule has 21 heteroatoms. The largest absolute Gasteiger partial charge is 0.477 e. The molecule has 0 bridgehead atoms. The van der Waals surface area contributed by atoms with Crippen molar-refractivity contribution in [2.24, 2.45) is 5.92 Å². The number of rotatable bonds is 33. The number of nitrogens with zero attached hydrogens (tertiary/aromatic N) is 3. The molecule has 1 aromatic heterocycles. The maximum Gasteiger partial charge on any atom is 0.364 e. The Kier molecular flexibility index (Phi) is 23.6. The number of hydrogen-bond acceptors (Lipinski definition) is 17. The normalized spacial score (nSPS) is 19.5. The minimum absolute atomic E-state index is 0.0317. The lowest BCUT2D eigenvalue weighted by Gasteiger charge is -2.45. The van der Waals surface area contributed by atoms with E-state index < -0.39 is 61.0 Å². The van der Waals surface area contributed by atoms with Crippen molar-refractivity contribution in [1.29, 1.82) is 0 Å². The molecular formula is C43H63N5O16. The van der Waals surface area contributed by atoms with Gasteiger partial charge in [0.2, 0.25) is 5.91 Å². The van der Waals surface area contributed by atoms with Crippen molar-refractivity contribution >= 4 is 17.8 Å². The van der Waals surface area contributed by atoms with Gasteiger partial charge >= 0.3 is 5.97 Å². The molecule has 2 aromatic carbocycles. The Bertz CT molecular complexity index is 1790. The van der Waals surface area contributed by atoms with Gasteiger partial charge in [0, 0.05) is 37.4 Å². The van der Waals surface area contributed by atoms with Crippen molar-refractivity contribution in [2.75, 3.05) is 92.4 Å². The van der Waals surface area contributed by atoms with Crippen LogP contribution in [0.15, 0.2) is 60.8 Å². The lowest BCUT2D eigenvalue weighted by Crippen LogP contribution is -2.61. The van der Waals surface area contributed by atoms with Gasteiger partial charge in [-0.3, -0.25) is 9.59 Å². The van der Waals surface area contributed by atoms with E-state index in [0.29, 0.717) is 89.6 Å². The number of carbonyl (C=O) groups is 3. The molecule has 1 fully saturated rings. The molecular weight excluding hydrogens is 842 g/mol. The molecule has 4 rings (SSSR count). The molecule has 1 aliphatic heterocycles. The van der Waals surface area contributed by atoms with Crippen molar-refractivity contribution in [3.05, 3.63) is 72.1 Å². The van der Waals surface area contributed by atoms with E-state index in [1.165, 1.54) is 6.07 Å². The minimum Gasteiger partial charge on any atom is -0.477 e. The Hall–Kier alpha value is -4.65. The molecule has 1 saturated heterocycles. The van der Waals surface area contributed by atoms with E-state index in [1.54, 1.807) is 48.1 Å². The number of ether oxygens (including phenoxy) is 9. The summed E-state index contributed by atoms with van der Waals surface area (Å²) in [5.41, 5.74) is 0.848. The van der Waals surface area contributed by atoms with Crippen LogP contribution >= 0.6 is 0 Å². The van der Waals surface area contributed by atoms with Crippen molar-refractivity contribution in [1.82, 2.24) is 25.6 Å². The zero-order valence-corrected chi connectivity index (χ0v) is 36.4. The van der Waals surface area contributed by atoms with Gasteiger partial charge in [0.1, 0.15) is 23.3 Å². The third kappa shape index (κ3) is 18.4. The molecule has 0 aliphatic carbocycles. The average Bonchev–Trinajstić information content (AvgIpc) is 3.75. The van der Waals surface area contributed by atoms with E-state index >= 15 is 0 Å². The lowest BCUT2D eigenvalue weighted by atomic mass is 9.84. The molecule has 1 aliphatic rings. The van der Waals surface area contributed by atoms with Gasteiger partial charge in [-0.15, -0.1) is 5.10 Å². The van der Waals surface area contributed by atoms with Gasteiger partial charge in [-0.2, -0.15) is 0 Å². The second-order valence-electron chi connectivity index (χ2n) is 14.6. The monoisotopic (exact) mass is 905 g/mol. The summed E-state index contributed by atoms with van der Waals surface area (Å²) in [7, 11) is 0. The topological polar surface area (TPSA) is 270 Å². The standard InChI is InChI=1S/C43H63N5O16/c1-3-44-38(51)12-14-56-16-18-58-20-21-59-19-17-57-15-13-48-29-33(46-47-48)30-61-23-22-60-24-25-62-43(42(54)55)27-36(49)31(2)40(64-43)39(52)37(50)28-45-41(53)32-8-7-11-35(26-32)63-34-9-5-4-6-10-34/h4-11,26,29,31,36-37,39-40,49-50,52H,3,12-25,27-28,30H2,1-2H3,(H,44,51)(H,45,53)(H,54,55)/t31-,36+,37-,39-,40-,43+/m1/s1. The first-order valence-electron chi connectivity index (χ1n) is 21.3. The van der Waals surface area contributed by atoms with Crippen LogP contribution in [0.25, 0.3) is 0 Å². The van der Waals surface area contributed by atoms with Crippen molar-refractivity contribution in [3.8, 4) is 11.5 Å². The molecule has 3 aromatic rings. The molecule has 6 atom stereocenters. The van der Waals surface area contributed by atoms with Gasteiger partial charge in [-0.05, 0) is 37.3 Å². The van der Waals surface area contributed by atoms with Gasteiger partial charge < -0.3 is 73.7 Å². The Labute approximate surface area is 372 Å². The van der Waals surface area contributed by atoms with Gasteiger partial charge in [0.15, 0.2) is 0 Å². The van der Waals surface area contributed by atoms with Crippen LogP contribution in [0.3, 0.4) is 0 Å². The summed E-state index contributed by atoms with van der Waals surface area (Å²) >= 11 is 0. The fourth-order valence-corrected chi connectivity index (χ4v) is 6.24. The maximum absolute atomic E-state index is 12.9. The Morgan fingerprint density at radius 1 is 0.828 bits per heavy atom. The summed E-state index contributed by atoms with van der Waals surface area (Å²) in [5.74, 6) is -4.25. The van der Waals surface area contributed by atoms with E-state index in [4.69, 9.17) is 42.6 Å². The highest BCUT2D eigenvalue weighted by atomic mass is 16.7. The molecule has 64 heavy (non-hydrogen) atoms. The van der Waals surface area contributed by atoms with E-state index in [1.807, 2.05) is 25.1 Å². The van der Waals surface area contributed by atoms with Crippen LogP contribution in [0, 0.1) is 5.92 Å². The highest BCUT2D eigenvalue weighted by Gasteiger charge is 2.54. The van der Waals surface area contributed by atoms with E-state index in [-0.39, 0.29) is 44.5 Å². The number of aromatic nitrogens is 3. The molecule has 21 nitrogen and oxygen atoms in total. The number of amides is 2. The smallest absolute Gasteiger partial charge is 0.364 e. The fraction of sp³-hybridized carbons (Fsp3) is 0.605. The van der Waals surface area contributed by atoms with Crippen LogP contribution in [0.1, 0.15) is 42.7 Å². The summed E-state index contributed by atoms with van der Waals surface area (Å²) in [6.45, 7) is 7.61. The number of hydrogen-bond donors (Lipinski definition) is 6. The number of nitrogens with one attached hydrogen (secondary N) is 2. The number of aliphatic hydroxyl groups excluding tert-OH is 3. The van der Waals surface area contributed by atoms with Crippen molar-refractivity contribution in [2.45, 2.75) is 70.0 Å². The molecule has 2 heterocycles. The van der Waals surface area contributed by atoms with Crippen LogP contribution in [0.4, 0.5) is 0 Å². The molecule has 6 N–H and O–H groups in total. The van der Waals surface area contributed by atoms with E-state index in [0.717, 1.165) is 0 Å². The highest BCUT2D eigenvalue weighted by Crippen LogP contribution is 2.36. The number of aliphatic carboxylic acids is 1. The highest BCUT2D eigenvalue weighted by molar-refractivity contribution is 5.94. The quantitative estimate of drug-likeness (QED) is 0.0464. The molecule has 0 spiro atoms. The van der Waals surface area contributed by atoms with Crippen molar-refractivity contribution in [3.63, 3.8) is 0 Å². The van der Waals surface area contributed by atoms with Crippen LogP contribution < -0.4 is 15.4 Å². The van der Waals surface area contributed by atoms with Gasteiger partial charge in [0.05, 0.1) is 117 Å². The van der Waals surface area contributed by atoms with Crippen LogP contribution in [-0.4, -0.2) is 176 Å². The molecule has 2 amide bonds. The maximum atomic E-state index is 12.9. The average molecular weight is 906 g/mol. The predicted octanol–water partition coefficient (Wildman–Crippen LogP) is 0.931. The van der Waals surface area contributed by atoms with Gasteiger partial charge in [-0.1, -0.05) is 36.4 Å². The zero-order valence-electron chi connectivity index (χ0n) is 36.4. The molecule has 0 unspecified atom stereocenters. The van der Waals surface area contributed by atoms with E-state index in [2.05, 4.69) is 20.9 Å². The Morgan fingerprint density at radius 3 is 2.12 bits per heavy atom.